The van der Waals surface area contributed by atoms with Gasteiger partial charge in [0.15, 0.2) is 11.5 Å². The fourth-order valence-electron chi connectivity index (χ4n) is 2.39. The molecule has 1 aromatic rings. The van der Waals surface area contributed by atoms with E-state index in [2.05, 4.69) is 23.8 Å². The summed E-state index contributed by atoms with van der Waals surface area (Å²) in [6.07, 6.45) is 15.2. The Bertz CT molecular complexity index is 734. The van der Waals surface area contributed by atoms with Crippen LogP contribution in [0.3, 0.4) is 0 Å². The summed E-state index contributed by atoms with van der Waals surface area (Å²) in [7, 11) is 1.65. The first-order chi connectivity index (χ1) is 14.2. The fourth-order valence-corrected chi connectivity index (χ4v) is 2.39. The molecule has 0 heterocycles. The summed E-state index contributed by atoms with van der Waals surface area (Å²) in [4.78, 5) is 4.54. The van der Waals surface area contributed by atoms with Gasteiger partial charge >= 0.3 is 0 Å². The van der Waals surface area contributed by atoms with Gasteiger partial charge in [0.25, 0.3) is 0 Å². The maximum absolute atomic E-state index is 5.96. The average Bonchev–Trinajstić information content (AvgIpc) is 2.72. The molecule has 0 amide bonds. The third-order valence-electron chi connectivity index (χ3n) is 3.91. The average molecular weight is 399 g/mol. The number of nitrogens with zero attached hydrogens (tertiary/aromatic N) is 1. The molecule has 0 aliphatic heterocycles. The second kappa shape index (κ2) is 15.2. The van der Waals surface area contributed by atoms with Crippen molar-refractivity contribution in [3.8, 4) is 11.5 Å². The largest absolute Gasteiger partial charge is 0.490 e. The summed E-state index contributed by atoms with van der Waals surface area (Å²) in [6.45, 7) is 11.4. The molecule has 0 saturated carbocycles. The zero-order chi connectivity index (χ0) is 21.3. The number of anilines is 1. The van der Waals surface area contributed by atoms with Crippen molar-refractivity contribution >= 4 is 11.4 Å². The summed E-state index contributed by atoms with van der Waals surface area (Å²) in [5.74, 6) is 1.37. The lowest BCUT2D eigenvalue weighted by atomic mass is 10.1. The number of unbranched alkanes of at least 4 members (excludes halogenated alkanes) is 1. The predicted molar refractivity (Wildman–Crippen MR) is 123 cm³/mol. The molecular formula is C24H34N2O3. The van der Waals surface area contributed by atoms with E-state index in [0.717, 1.165) is 29.8 Å². The van der Waals surface area contributed by atoms with Gasteiger partial charge in [-0.05, 0) is 38.6 Å². The topological polar surface area (TPSA) is 52.1 Å². The number of nitrogens with one attached hydrogen (secondary N) is 1. The van der Waals surface area contributed by atoms with Crippen molar-refractivity contribution in [2.24, 2.45) is 4.99 Å². The first-order valence-corrected chi connectivity index (χ1v) is 9.97. The molecule has 0 aliphatic rings. The molecule has 0 aliphatic carbocycles. The summed E-state index contributed by atoms with van der Waals surface area (Å²) in [6, 6.07) is 3.88. The van der Waals surface area contributed by atoms with Gasteiger partial charge in [0.1, 0.15) is 6.61 Å². The Morgan fingerprint density at radius 1 is 1.07 bits per heavy atom. The molecule has 0 aromatic heterocycles. The minimum atomic E-state index is 0.445. The van der Waals surface area contributed by atoms with Crippen molar-refractivity contribution in [1.29, 1.82) is 0 Å². The number of allylic oxidation sites excluding steroid dienone is 5. The minimum Gasteiger partial charge on any atom is -0.490 e. The molecule has 0 fully saturated rings. The highest BCUT2D eigenvalue weighted by molar-refractivity contribution is 6.04. The standard InChI is InChI=1S/C24H34N2O3/c1-6-9-11-12-13-14-26-20(4)21-18-23(29-17-16-27-5)24(28-15-10-7-2)19-22(21)25-8-3/h6,8-9,11-14,18-19,25H,3,7,10,15-17H2,1-2,4-5H3/b9-6-,12-11-,14-13+,26-20?. The monoisotopic (exact) mass is 398 g/mol. The summed E-state index contributed by atoms with van der Waals surface area (Å²) in [5, 5.41) is 3.18. The normalized spacial score (nSPS) is 12.2. The first-order valence-electron chi connectivity index (χ1n) is 9.97. The van der Waals surface area contributed by atoms with Crippen LogP contribution in [0.2, 0.25) is 0 Å². The number of methoxy groups -OCH3 is 1. The molecule has 0 bridgehead atoms. The van der Waals surface area contributed by atoms with Gasteiger partial charge in [0.2, 0.25) is 0 Å². The Morgan fingerprint density at radius 3 is 2.48 bits per heavy atom. The van der Waals surface area contributed by atoms with E-state index in [0.29, 0.717) is 31.3 Å². The smallest absolute Gasteiger partial charge is 0.163 e. The maximum Gasteiger partial charge on any atom is 0.163 e. The van der Waals surface area contributed by atoms with Crippen LogP contribution in [-0.2, 0) is 4.74 Å². The number of aliphatic imine (C=N–C) groups is 1. The Kier molecular flexibility index (Phi) is 12.7. The number of benzene rings is 1. The van der Waals surface area contributed by atoms with Crippen LogP contribution in [-0.4, -0.2) is 32.6 Å². The lowest BCUT2D eigenvalue weighted by Crippen LogP contribution is -2.09. The van der Waals surface area contributed by atoms with Crippen LogP contribution in [0.4, 0.5) is 5.69 Å². The van der Waals surface area contributed by atoms with Crippen LogP contribution in [0.15, 0.2) is 66.5 Å². The van der Waals surface area contributed by atoms with E-state index >= 15 is 0 Å². The van der Waals surface area contributed by atoms with Crippen LogP contribution in [0.5, 0.6) is 11.5 Å². The molecule has 1 aromatic carbocycles. The van der Waals surface area contributed by atoms with Crippen molar-refractivity contribution in [3.05, 3.63) is 67.1 Å². The number of hydrogen-bond donors (Lipinski definition) is 1. The molecule has 0 radical (unpaired) electrons. The zero-order valence-electron chi connectivity index (χ0n) is 18.1. The highest BCUT2D eigenvalue weighted by atomic mass is 16.5. The lowest BCUT2D eigenvalue weighted by Gasteiger charge is -2.17. The molecule has 0 atom stereocenters. The summed E-state index contributed by atoms with van der Waals surface area (Å²) < 4.78 is 17.0. The number of ether oxygens (including phenoxy) is 3. The maximum atomic E-state index is 5.96. The lowest BCUT2D eigenvalue weighted by molar-refractivity contribution is 0.143. The molecule has 0 unspecified atom stereocenters. The summed E-state index contributed by atoms with van der Waals surface area (Å²) in [5.41, 5.74) is 2.63. The molecule has 0 saturated heterocycles. The Hall–Kier alpha value is -2.79. The van der Waals surface area contributed by atoms with Crippen LogP contribution in [0.25, 0.3) is 0 Å². The van der Waals surface area contributed by atoms with Crippen molar-refractivity contribution in [1.82, 2.24) is 0 Å². The van der Waals surface area contributed by atoms with Crippen LogP contribution in [0, 0.1) is 0 Å². The van der Waals surface area contributed by atoms with E-state index in [1.54, 1.807) is 19.5 Å². The highest BCUT2D eigenvalue weighted by Gasteiger charge is 2.14. The molecule has 158 valence electrons. The second-order valence-electron chi connectivity index (χ2n) is 6.20. The van der Waals surface area contributed by atoms with E-state index in [-0.39, 0.29) is 0 Å². The molecule has 29 heavy (non-hydrogen) atoms. The predicted octanol–water partition coefficient (Wildman–Crippen LogP) is 5.90. The third-order valence-corrected chi connectivity index (χ3v) is 3.91. The van der Waals surface area contributed by atoms with Gasteiger partial charge in [0, 0.05) is 30.7 Å². The molecular weight excluding hydrogens is 364 g/mol. The van der Waals surface area contributed by atoms with Gasteiger partial charge in [-0.2, -0.15) is 0 Å². The van der Waals surface area contributed by atoms with Crippen LogP contribution >= 0.6 is 0 Å². The van der Waals surface area contributed by atoms with Crippen molar-refractivity contribution in [3.63, 3.8) is 0 Å². The Morgan fingerprint density at radius 2 is 1.79 bits per heavy atom. The van der Waals surface area contributed by atoms with Gasteiger partial charge in [-0.3, -0.25) is 4.99 Å². The Labute approximate surface area is 175 Å². The van der Waals surface area contributed by atoms with E-state index in [1.807, 2.05) is 56.4 Å². The van der Waals surface area contributed by atoms with Gasteiger partial charge in [0.05, 0.1) is 18.9 Å². The molecule has 0 spiro atoms. The van der Waals surface area contributed by atoms with Crippen molar-refractivity contribution in [2.75, 3.05) is 32.2 Å². The van der Waals surface area contributed by atoms with Gasteiger partial charge in [-0.1, -0.05) is 44.2 Å². The Balaban J connectivity index is 3.20. The van der Waals surface area contributed by atoms with Crippen LogP contribution < -0.4 is 14.8 Å². The SMILES string of the molecule is C=CNc1cc(OCCCC)c(OCCOC)cc1C(C)=N/C=C/C=C\C=C/C. The van der Waals surface area contributed by atoms with E-state index in [4.69, 9.17) is 14.2 Å². The molecule has 5 heteroatoms. The zero-order valence-corrected chi connectivity index (χ0v) is 18.1. The number of rotatable bonds is 14. The molecule has 1 rings (SSSR count). The molecule has 1 N–H and O–H groups in total. The third kappa shape index (κ3) is 9.30. The van der Waals surface area contributed by atoms with E-state index in [1.165, 1.54) is 0 Å². The van der Waals surface area contributed by atoms with E-state index in [9.17, 15) is 0 Å². The van der Waals surface area contributed by atoms with Crippen molar-refractivity contribution < 1.29 is 14.2 Å². The summed E-state index contributed by atoms with van der Waals surface area (Å²) >= 11 is 0. The highest BCUT2D eigenvalue weighted by Crippen LogP contribution is 2.34. The first kappa shape index (κ1) is 24.2. The van der Waals surface area contributed by atoms with Gasteiger partial charge in [-0.15, -0.1) is 0 Å². The quantitative estimate of drug-likeness (QED) is 0.241. The van der Waals surface area contributed by atoms with E-state index < -0.39 is 0 Å². The minimum absolute atomic E-state index is 0.445. The van der Waals surface area contributed by atoms with Crippen LogP contribution in [0.1, 0.15) is 39.2 Å². The fraction of sp³-hybridized carbons (Fsp3) is 0.375. The van der Waals surface area contributed by atoms with Gasteiger partial charge in [-0.25, -0.2) is 0 Å². The second-order valence-corrected chi connectivity index (χ2v) is 6.20. The number of hydrogen-bond acceptors (Lipinski definition) is 5. The van der Waals surface area contributed by atoms with Gasteiger partial charge < -0.3 is 19.5 Å². The molecule has 5 nitrogen and oxygen atoms in total. The van der Waals surface area contributed by atoms with Crippen molar-refractivity contribution in [2.45, 2.75) is 33.6 Å².